The highest BCUT2D eigenvalue weighted by molar-refractivity contribution is 9.10. The second-order valence-electron chi connectivity index (χ2n) is 7.61. The topological polar surface area (TPSA) is 105 Å². The zero-order valence-electron chi connectivity index (χ0n) is 17.1. The molecule has 3 N–H and O–H groups in total. The molecule has 0 aromatic heterocycles. The number of nitrogens with one attached hydrogen (secondary N) is 1. The van der Waals surface area contributed by atoms with E-state index in [1.165, 1.54) is 0 Å². The fourth-order valence-electron chi connectivity index (χ4n) is 4.41. The maximum Gasteiger partial charge on any atom is 0.245 e. The SMILES string of the molecule is N#CC1=C(N)OC(c2ccccc2)=C(C(=O)c2ccccc2)C12C(=O)Nc1cc(Br)ccc12. The molecule has 2 aliphatic rings. The van der Waals surface area contributed by atoms with Crippen molar-refractivity contribution in [2.45, 2.75) is 5.41 Å². The molecule has 33 heavy (non-hydrogen) atoms. The molecule has 0 saturated carbocycles. The number of ketones is 1. The van der Waals surface area contributed by atoms with E-state index in [2.05, 4.69) is 27.3 Å². The highest BCUT2D eigenvalue weighted by atomic mass is 79.9. The van der Waals surface area contributed by atoms with Gasteiger partial charge in [-0.1, -0.05) is 82.7 Å². The lowest BCUT2D eigenvalue weighted by Crippen LogP contribution is -2.45. The van der Waals surface area contributed by atoms with Crippen LogP contribution in [-0.4, -0.2) is 11.7 Å². The molecule has 0 aliphatic carbocycles. The summed E-state index contributed by atoms with van der Waals surface area (Å²) in [6.45, 7) is 0. The second kappa shape index (κ2) is 7.76. The van der Waals surface area contributed by atoms with Gasteiger partial charge in [0.05, 0.1) is 5.57 Å². The molecule has 1 amide bonds. The highest BCUT2D eigenvalue weighted by Gasteiger charge is 2.59. The van der Waals surface area contributed by atoms with Crippen LogP contribution in [0.2, 0.25) is 0 Å². The first-order chi connectivity index (χ1) is 16.0. The van der Waals surface area contributed by atoms with Gasteiger partial charge < -0.3 is 15.8 Å². The molecule has 1 atom stereocenters. The van der Waals surface area contributed by atoms with Gasteiger partial charge in [0.25, 0.3) is 0 Å². The Kier molecular flexibility index (Phi) is 4.88. The predicted octanol–water partition coefficient (Wildman–Crippen LogP) is 4.66. The molecular weight excluding hydrogens is 482 g/mol. The molecule has 2 aliphatic heterocycles. The Morgan fingerprint density at radius 1 is 1.03 bits per heavy atom. The van der Waals surface area contributed by atoms with E-state index in [-0.39, 0.29) is 22.8 Å². The summed E-state index contributed by atoms with van der Waals surface area (Å²) in [5.74, 6) is -1.04. The molecular formula is C26H16BrN3O3. The van der Waals surface area contributed by atoms with Crippen LogP contribution in [0.4, 0.5) is 5.69 Å². The maximum atomic E-state index is 14.0. The summed E-state index contributed by atoms with van der Waals surface area (Å²) in [7, 11) is 0. The van der Waals surface area contributed by atoms with Crippen molar-refractivity contribution in [1.82, 2.24) is 0 Å². The lowest BCUT2D eigenvalue weighted by Gasteiger charge is -2.35. The molecule has 0 radical (unpaired) electrons. The average molecular weight is 498 g/mol. The number of nitrogens with zero attached hydrogens (tertiary/aromatic N) is 1. The smallest absolute Gasteiger partial charge is 0.245 e. The average Bonchev–Trinajstić information content (AvgIpc) is 3.10. The lowest BCUT2D eigenvalue weighted by molar-refractivity contribution is -0.118. The molecule has 0 bridgehead atoms. The zero-order valence-corrected chi connectivity index (χ0v) is 18.7. The molecule has 2 heterocycles. The van der Waals surface area contributed by atoms with Crippen molar-refractivity contribution in [1.29, 1.82) is 5.26 Å². The van der Waals surface area contributed by atoms with Crippen molar-refractivity contribution in [3.8, 4) is 6.07 Å². The van der Waals surface area contributed by atoms with Crippen molar-refractivity contribution in [3.63, 3.8) is 0 Å². The van der Waals surface area contributed by atoms with Crippen molar-refractivity contribution in [2.75, 3.05) is 5.32 Å². The number of nitrogens with two attached hydrogens (primary N) is 1. The maximum absolute atomic E-state index is 14.0. The van der Waals surface area contributed by atoms with Gasteiger partial charge in [0, 0.05) is 26.9 Å². The van der Waals surface area contributed by atoms with Crippen LogP contribution >= 0.6 is 15.9 Å². The van der Waals surface area contributed by atoms with E-state index in [9.17, 15) is 14.9 Å². The van der Waals surface area contributed by atoms with Gasteiger partial charge in [-0.2, -0.15) is 5.26 Å². The third-order valence-electron chi connectivity index (χ3n) is 5.82. The van der Waals surface area contributed by atoms with Crippen LogP contribution in [0.1, 0.15) is 21.5 Å². The Bertz CT molecular complexity index is 1420. The summed E-state index contributed by atoms with van der Waals surface area (Å²) in [5, 5.41) is 13.0. The zero-order chi connectivity index (χ0) is 23.2. The molecule has 0 saturated heterocycles. The number of hydrogen-bond donors (Lipinski definition) is 2. The summed E-state index contributed by atoms with van der Waals surface area (Å²) < 4.78 is 6.65. The van der Waals surface area contributed by atoms with E-state index in [0.717, 1.165) is 4.47 Å². The number of fused-ring (bicyclic) bond motifs is 2. The van der Waals surface area contributed by atoms with Crippen molar-refractivity contribution < 1.29 is 14.3 Å². The minimum absolute atomic E-state index is 0.0456. The van der Waals surface area contributed by atoms with Gasteiger partial charge in [0.2, 0.25) is 11.8 Å². The number of benzene rings is 3. The number of hydrogen-bond acceptors (Lipinski definition) is 5. The Morgan fingerprint density at radius 3 is 2.36 bits per heavy atom. The second-order valence-corrected chi connectivity index (χ2v) is 8.53. The van der Waals surface area contributed by atoms with E-state index < -0.39 is 17.1 Å². The molecule has 3 aromatic carbocycles. The minimum Gasteiger partial charge on any atom is -0.439 e. The van der Waals surface area contributed by atoms with E-state index >= 15 is 0 Å². The van der Waals surface area contributed by atoms with Gasteiger partial charge in [-0.05, 0) is 12.1 Å². The number of carbonyl (C=O) groups excluding carboxylic acids is 2. The van der Waals surface area contributed by atoms with Crippen molar-refractivity contribution in [2.24, 2.45) is 5.73 Å². The molecule has 1 spiro atoms. The molecule has 6 nitrogen and oxygen atoms in total. The third-order valence-corrected chi connectivity index (χ3v) is 6.31. The van der Waals surface area contributed by atoms with Gasteiger partial charge in [-0.25, -0.2) is 0 Å². The number of carbonyl (C=O) groups is 2. The van der Waals surface area contributed by atoms with Gasteiger partial charge in [-0.15, -0.1) is 0 Å². The van der Waals surface area contributed by atoms with E-state index in [4.69, 9.17) is 10.5 Å². The molecule has 0 fully saturated rings. The summed E-state index contributed by atoms with van der Waals surface area (Å²) in [6, 6.07) is 24.8. The third kappa shape index (κ3) is 2.99. The van der Waals surface area contributed by atoms with Crippen molar-refractivity contribution in [3.05, 3.63) is 117 Å². The fraction of sp³-hybridized carbons (Fsp3) is 0.0385. The quantitative estimate of drug-likeness (QED) is 0.512. The Morgan fingerprint density at radius 2 is 1.70 bits per heavy atom. The first-order valence-electron chi connectivity index (χ1n) is 10.1. The Balaban J connectivity index is 1.92. The van der Waals surface area contributed by atoms with E-state index in [1.54, 1.807) is 72.8 Å². The largest absolute Gasteiger partial charge is 0.439 e. The van der Waals surface area contributed by atoms with Crippen LogP contribution in [0.25, 0.3) is 5.76 Å². The van der Waals surface area contributed by atoms with Gasteiger partial charge in [0.1, 0.15) is 22.8 Å². The Hall–Kier alpha value is -4.15. The van der Waals surface area contributed by atoms with Gasteiger partial charge in [-0.3, -0.25) is 9.59 Å². The number of halogens is 1. The first kappa shape index (κ1) is 20.7. The van der Waals surface area contributed by atoms with Crippen molar-refractivity contribution >= 4 is 39.1 Å². The van der Waals surface area contributed by atoms with Crippen LogP contribution < -0.4 is 11.1 Å². The molecule has 3 aromatic rings. The van der Waals surface area contributed by atoms with E-state index in [0.29, 0.717) is 22.4 Å². The first-order valence-corrected chi connectivity index (χ1v) is 10.9. The Labute approximate surface area is 198 Å². The van der Waals surface area contributed by atoms with E-state index in [1.807, 2.05) is 6.07 Å². The van der Waals surface area contributed by atoms with Crippen LogP contribution in [0.3, 0.4) is 0 Å². The molecule has 7 heteroatoms. The number of rotatable bonds is 3. The molecule has 160 valence electrons. The van der Waals surface area contributed by atoms with Crippen LogP contribution in [0.15, 0.2) is 100 Å². The lowest BCUT2D eigenvalue weighted by atomic mass is 9.66. The van der Waals surface area contributed by atoms with Gasteiger partial charge >= 0.3 is 0 Å². The normalized spacial score (nSPS) is 19.1. The molecule has 1 unspecified atom stereocenters. The number of nitriles is 1. The monoisotopic (exact) mass is 497 g/mol. The number of ether oxygens (including phenoxy) is 1. The minimum atomic E-state index is -1.76. The highest BCUT2D eigenvalue weighted by Crippen LogP contribution is 2.54. The van der Waals surface area contributed by atoms with Crippen LogP contribution in [-0.2, 0) is 14.9 Å². The number of amides is 1. The van der Waals surface area contributed by atoms with Crippen LogP contribution in [0, 0.1) is 11.3 Å². The summed E-state index contributed by atoms with van der Waals surface area (Å²) >= 11 is 3.41. The fourth-order valence-corrected chi connectivity index (χ4v) is 4.77. The molecule has 5 rings (SSSR count). The van der Waals surface area contributed by atoms with Crippen LogP contribution in [0.5, 0.6) is 0 Å². The standard InChI is InChI=1S/C26H16BrN3O3/c27-17-11-12-18-20(13-17)30-25(32)26(18)19(14-28)24(29)33-23(16-9-5-2-6-10-16)21(26)22(31)15-7-3-1-4-8-15/h1-13H,29H2,(H,30,32). The summed E-state index contributed by atoms with van der Waals surface area (Å²) in [5.41, 5.74) is 6.26. The predicted molar refractivity (Wildman–Crippen MR) is 126 cm³/mol. The summed E-state index contributed by atoms with van der Waals surface area (Å²) in [4.78, 5) is 27.8. The number of anilines is 1. The summed E-state index contributed by atoms with van der Waals surface area (Å²) in [6.07, 6.45) is 0. The van der Waals surface area contributed by atoms with Gasteiger partial charge in [0.15, 0.2) is 5.78 Å². The number of Topliss-reactive ketones (excluding diaryl/α,β-unsaturated/α-hetero) is 1.